The molecule has 3 aliphatic heterocycles. The molecular weight excluding hydrogens is 496 g/mol. The van der Waals surface area contributed by atoms with E-state index in [4.69, 9.17) is 28.4 Å². The van der Waals surface area contributed by atoms with Gasteiger partial charge < -0.3 is 33.5 Å². The molecular formula is C32H54O7. The van der Waals surface area contributed by atoms with E-state index in [9.17, 15) is 5.11 Å². The maximum absolute atomic E-state index is 10.6. The lowest BCUT2D eigenvalue weighted by molar-refractivity contribution is -0.193. The molecule has 1 N–H and O–H groups in total. The van der Waals surface area contributed by atoms with Gasteiger partial charge in [-0.25, -0.2) is 0 Å². The third-order valence-corrected chi connectivity index (χ3v) is 9.69. The third kappa shape index (κ3) is 8.27. The summed E-state index contributed by atoms with van der Waals surface area (Å²) in [6.45, 7) is 5.16. The second-order valence-corrected chi connectivity index (χ2v) is 12.8. The molecule has 5 aliphatic rings. The van der Waals surface area contributed by atoms with E-state index >= 15 is 0 Å². The van der Waals surface area contributed by atoms with Gasteiger partial charge in [0.05, 0.1) is 37.1 Å². The third-order valence-electron chi connectivity index (χ3n) is 9.69. The van der Waals surface area contributed by atoms with E-state index in [-0.39, 0.29) is 30.2 Å². The van der Waals surface area contributed by atoms with Gasteiger partial charge in [0.15, 0.2) is 12.1 Å². The van der Waals surface area contributed by atoms with Crippen LogP contribution in [0.1, 0.15) is 116 Å². The molecule has 0 radical (unpaired) electrons. The lowest BCUT2D eigenvalue weighted by Gasteiger charge is -2.39. The van der Waals surface area contributed by atoms with Crippen LogP contribution in [0, 0.1) is 5.92 Å². The SMILES string of the molecule is CC(CCCCCCCC(O)C=C[C@@H]1OCCC[C@H]1O[C@]12CCC[C@@H]1CC1(C2)OCCO1)OC1CCCCO1. The van der Waals surface area contributed by atoms with Crippen molar-refractivity contribution in [2.75, 3.05) is 26.4 Å². The molecule has 5 fully saturated rings. The van der Waals surface area contributed by atoms with Crippen LogP contribution in [0.4, 0.5) is 0 Å². The maximum Gasteiger partial charge on any atom is 0.171 e. The molecule has 0 aromatic rings. The molecule has 3 heterocycles. The minimum atomic E-state index is -0.424. The van der Waals surface area contributed by atoms with Crippen LogP contribution in [0.5, 0.6) is 0 Å². The molecule has 7 nitrogen and oxygen atoms in total. The summed E-state index contributed by atoms with van der Waals surface area (Å²) < 4.78 is 37.0. The number of hydrogen-bond acceptors (Lipinski definition) is 7. The van der Waals surface area contributed by atoms with Crippen LogP contribution in [0.2, 0.25) is 0 Å². The van der Waals surface area contributed by atoms with Crippen molar-refractivity contribution in [3.8, 4) is 0 Å². The zero-order valence-corrected chi connectivity index (χ0v) is 24.4. The predicted octanol–water partition coefficient (Wildman–Crippen LogP) is 6.21. The Morgan fingerprint density at radius 3 is 2.49 bits per heavy atom. The zero-order chi connectivity index (χ0) is 27.0. The molecule has 5 rings (SSSR count). The Balaban J connectivity index is 0.977. The molecule has 0 bridgehead atoms. The molecule has 7 heteroatoms. The molecule has 224 valence electrons. The number of ether oxygens (including phenoxy) is 6. The Bertz CT molecular complexity index is 747. The number of aliphatic hydroxyl groups is 1. The summed E-state index contributed by atoms with van der Waals surface area (Å²) in [6, 6.07) is 0. The Morgan fingerprint density at radius 1 is 0.872 bits per heavy atom. The summed E-state index contributed by atoms with van der Waals surface area (Å²) in [5.41, 5.74) is -0.145. The normalized spacial score (nSPS) is 36.1. The molecule has 3 saturated heterocycles. The quantitative estimate of drug-likeness (QED) is 0.204. The Labute approximate surface area is 236 Å². The molecule has 0 aromatic carbocycles. The van der Waals surface area contributed by atoms with Gasteiger partial charge in [0.25, 0.3) is 0 Å². The van der Waals surface area contributed by atoms with Crippen molar-refractivity contribution in [2.45, 2.75) is 158 Å². The summed E-state index contributed by atoms with van der Waals surface area (Å²) >= 11 is 0. The number of rotatable bonds is 14. The molecule has 0 aromatic heterocycles. The zero-order valence-electron chi connectivity index (χ0n) is 24.4. The Hall–Kier alpha value is -0.540. The lowest BCUT2D eigenvalue weighted by Crippen LogP contribution is -2.45. The molecule has 3 unspecified atom stereocenters. The summed E-state index contributed by atoms with van der Waals surface area (Å²) in [5.74, 6) is 0.0901. The van der Waals surface area contributed by atoms with E-state index in [2.05, 4.69) is 13.0 Å². The fraction of sp³-hybridized carbons (Fsp3) is 0.938. The van der Waals surface area contributed by atoms with Gasteiger partial charge in [0, 0.05) is 26.1 Å². The summed E-state index contributed by atoms with van der Waals surface area (Å²) in [5, 5.41) is 10.6. The van der Waals surface area contributed by atoms with Gasteiger partial charge in [-0.15, -0.1) is 0 Å². The number of hydrogen-bond donors (Lipinski definition) is 1. The Kier molecular flexibility index (Phi) is 11.2. The minimum absolute atomic E-state index is 0.0133. The first-order chi connectivity index (χ1) is 19.1. The van der Waals surface area contributed by atoms with Crippen molar-refractivity contribution in [3.05, 3.63) is 12.2 Å². The largest absolute Gasteiger partial charge is 0.389 e. The highest BCUT2D eigenvalue weighted by Crippen LogP contribution is 2.57. The average molecular weight is 551 g/mol. The van der Waals surface area contributed by atoms with Gasteiger partial charge >= 0.3 is 0 Å². The molecule has 1 spiro atoms. The van der Waals surface area contributed by atoms with Crippen molar-refractivity contribution in [3.63, 3.8) is 0 Å². The van der Waals surface area contributed by atoms with Crippen LogP contribution in [0.25, 0.3) is 0 Å². The van der Waals surface area contributed by atoms with E-state index in [1.54, 1.807) is 0 Å². The van der Waals surface area contributed by atoms with E-state index in [0.29, 0.717) is 19.1 Å². The standard InChI is InChI=1S/C32H54O7/c1-25(38-30-15-7-8-19-35-30)11-5-3-2-4-6-13-27(33)16-17-28-29(14-10-20-34-28)39-31-18-9-12-26(31)23-32(24-31)36-21-22-37-32/h16-17,25-30,33H,2-15,18-24H2,1H3/t25?,26-,27?,28+,29-,30?,31+/m1/s1. The summed E-state index contributed by atoms with van der Waals surface area (Å²) in [6.07, 6.45) is 22.3. The van der Waals surface area contributed by atoms with E-state index in [1.807, 2.05) is 6.08 Å². The van der Waals surface area contributed by atoms with Gasteiger partial charge in [-0.2, -0.15) is 0 Å². The van der Waals surface area contributed by atoms with Crippen LogP contribution < -0.4 is 0 Å². The van der Waals surface area contributed by atoms with E-state index in [1.165, 1.54) is 38.5 Å². The van der Waals surface area contributed by atoms with Gasteiger partial charge in [-0.05, 0) is 70.6 Å². The van der Waals surface area contributed by atoms with Crippen LogP contribution in [-0.4, -0.2) is 73.6 Å². The van der Waals surface area contributed by atoms with Gasteiger partial charge in [-0.3, -0.25) is 0 Å². The highest BCUT2D eigenvalue weighted by atomic mass is 16.7. The smallest absolute Gasteiger partial charge is 0.171 e. The van der Waals surface area contributed by atoms with Gasteiger partial charge in [-0.1, -0.05) is 50.7 Å². The Morgan fingerprint density at radius 2 is 1.67 bits per heavy atom. The molecule has 0 amide bonds. The van der Waals surface area contributed by atoms with Crippen molar-refractivity contribution in [1.29, 1.82) is 0 Å². The van der Waals surface area contributed by atoms with Crippen LogP contribution >= 0.6 is 0 Å². The van der Waals surface area contributed by atoms with E-state index in [0.717, 1.165) is 83.8 Å². The predicted molar refractivity (Wildman–Crippen MR) is 149 cm³/mol. The van der Waals surface area contributed by atoms with Crippen molar-refractivity contribution in [1.82, 2.24) is 0 Å². The monoisotopic (exact) mass is 550 g/mol. The number of fused-ring (bicyclic) bond motifs is 1. The first-order valence-corrected chi connectivity index (χ1v) is 16.3. The first kappa shape index (κ1) is 29.9. The van der Waals surface area contributed by atoms with Crippen molar-refractivity contribution in [2.24, 2.45) is 5.92 Å². The minimum Gasteiger partial charge on any atom is -0.389 e. The highest BCUT2D eigenvalue weighted by Gasteiger charge is 2.61. The van der Waals surface area contributed by atoms with Crippen LogP contribution in [0.15, 0.2) is 12.2 Å². The van der Waals surface area contributed by atoms with Gasteiger partial charge in [0.1, 0.15) is 6.10 Å². The molecule has 7 atom stereocenters. The van der Waals surface area contributed by atoms with Crippen molar-refractivity contribution < 1.29 is 33.5 Å². The molecule has 2 saturated carbocycles. The first-order valence-electron chi connectivity index (χ1n) is 16.3. The van der Waals surface area contributed by atoms with E-state index < -0.39 is 11.9 Å². The summed E-state index contributed by atoms with van der Waals surface area (Å²) in [7, 11) is 0. The van der Waals surface area contributed by atoms with Crippen LogP contribution in [-0.2, 0) is 28.4 Å². The van der Waals surface area contributed by atoms with Crippen molar-refractivity contribution >= 4 is 0 Å². The van der Waals surface area contributed by atoms with Gasteiger partial charge in [0.2, 0.25) is 0 Å². The lowest BCUT2D eigenvalue weighted by atomic mass is 9.93. The van der Waals surface area contributed by atoms with Crippen LogP contribution in [0.3, 0.4) is 0 Å². The molecule has 39 heavy (non-hydrogen) atoms. The fourth-order valence-electron chi connectivity index (χ4n) is 7.63. The topological polar surface area (TPSA) is 75.6 Å². The molecule has 2 aliphatic carbocycles. The second kappa shape index (κ2) is 14.6. The second-order valence-electron chi connectivity index (χ2n) is 12.8. The average Bonchev–Trinajstić information content (AvgIpc) is 3.62. The number of unbranched alkanes of at least 4 members (excludes halogenated alkanes) is 4. The highest BCUT2D eigenvalue weighted by molar-refractivity contribution is 5.08. The summed E-state index contributed by atoms with van der Waals surface area (Å²) in [4.78, 5) is 0. The number of aliphatic hydroxyl groups excluding tert-OH is 1. The fourth-order valence-corrected chi connectivity index (χ4v) is 7.63. The maximum atomic E-state index is 10.6.